The molecule has 9 nitrogen and oxygen atoms in total. The number of benzene rings is 2. The number of carbonyl (C=O) groups excluding carboxylic acids is 1. The first-order valence-electron chi connectivity index (χ1n) is 11.8. The van der Waals surface area contributed by atoms with Gasteiger partial charge in [0.25, 0.3) is 0 Å². The van der Waals surface area contributed by atoms with Crippen LogP contribution in [0.25, 0.3) is 5.65 Å². The standard InChI is InChI=1S/C26H29N7O2/c1-18-7-9-21(10-8-18)30-13-15-31(16-14-30)24-25-29-33(26(35)32(25)12-11-27-24)17-23(34)28-22-6-4-5-19(2)20(22)3/h4-12H,13-17H2,1-3H3,(H,28,34). The molecular weight excluding hydrogens is 442 g/mol. The highest BCUT2D eigenvalue weighted by Gasteiger charge is 2.23. The third-order valence-corrected chi connectivity index (χ3v) is 6.63. The minimum Gasteiger partial charge on any atom is -0.368 e. The van der Waals surface area contributed by atoms with Crippen molar-refractivity contribution in [2.75, 3.05) is 41.3 Å². The summed E-state index contributed by atoms with van der Waals surface area (Å²) in [6.07, 6.45) is 3.20. The Hall–Kier alpha value is -4.14. The zero-order chi connectivity index (χ0) is 24.5. The van der Waals surface area contributed by atoms with Crippen LogP contribution in [0.1, 0.15) is 16.7 Å². The quantitative estimate of drug-likeness (QED) is 0.482. The molecule has 3 heterocycles. The van der Waals surface area contributed by atoms with E-state index in [9.17, 15) is 9.59 Å². The Balaban J connectivity index is 1.33. The monoisotopic (exact) mass is 471 g/mol. The Labute approximate surface area is 203 Å². The maximum atomic E-state index is 13.0. The van der Waals surface area contributed by atoms with Crippen molar-refractivity contribution in [1.29, 1.82) is 0 Å². The van der Waals surface area contributed by atoms with Gasteiger partial charge in [0.1, 0.15) is 6.54 Å². The van der Waals surface area contributed by atoms with Gasteiger partial charge in [0.2, 0.25) is 11.6 Å². The lowest BCUT2D eigenvalue weighted by molar-refractivity contribution is -0.117. The third kappa shape index (κ3) is 4.49. The van der Waals surface area contributed by atoms with Crippen molar-refractivity contribution in [3.8, 4) is 0 Å². The second-order valence-corrected chi connectivity index (χ2v) is 8.99. The number of amides is 1. The van der Waals surface area contributed by atoms with E-state index in [0.717, 1.165) is 43.0 Å². The molecule has 1 N–H and O–H groups in total. The van der Waals surface area contributed by atoms with Crippen LogP contribution in [0.3, 0.4) is 0 Å². The smallest absolute Gasteiger partial charge is 0.350 e. The predicted octanol–water partition coefficient (Wildman–Crippen LogP) is 2.78. The number of anilines is 3. The topological polar surface area (TPSA) is 87.8 Å². The Morgan fingerprint density at radius 2 is 1.69 bits per heavy atom. The van der Waals surface area contributed by atoms with E-state index in [-0.39, 0.29) is 18.1 Å². The fourth-order valence-electron chi connectivity index (χ4n) is 4.41. The van der Waals surface area contributed by atoms with Crippen molar-refractivity contribution < 1.29 is 4.79 Å². The fraction of sp³-hybridized carbons (Fsp3) is 0.308. The van der Waals surface area contributed by atoms with Crippen LogP contribution in [-0.4, -0.2) is 51.3 Å². The van der Waals surface area contributed by atoms with Crippen molar-refractivity contribution in [1.82, 2.24) is 19.2 Å². The normalized spacial score (nSPS) is 13.9. The van der Waals surface area contributed by atoms with Gasteiger partial charge in [0.15, 0.2) is 5.82 Å². The molecule has 0 bridgehead atoms. The summed E-state index contributed by atoms with van der Waals surface area (Å²) >= 11 is 0. The molecule has 0 radical (unpaired) electrons. The van der Waals surface area contributed by atoms with Crippen molar-refractivity contribution in [2.24, 2.45) is 0 Å². The summed E-state index contributed by atoms with van der Waals surface area (Å²) in [5.74, 6) is 0.354. The molecule has 0 unspecified atom stereocenters. The van der Waals surface area contributed by atoms with Crippen LogP contribution in [0.2, 0.25) is 0 Å². The van der Waals surface area contributed by atoms with Crippen molar-refractivity contribution in [3.63, 3.8) is 0 Å². The van der Waals surface area contributed by atoms with Crippen molar-refractivity contribution in [2.45, 2.75) is 27.3 Å². The molecule has 4 aromatic rings. The Morgan fingerprint density at radius 1 is 0.971 bits per heavy atom. The number of nitrogens with one attached hydrogen (secondary N) is 1. The average molecular weight is 472 g/mol. The minimum atomic E-state index is -0.363. The molecule has 1 amide bonds. The molecule has 180 valence electrons. The van der Waals surface area contributed by atoms with Gasteiger partial charge in [0, 0.05) is 49.9 Å². The molecule has 1 saturated heterocycles. The second-order valence-electron chi connectivity index (χ2n) is 8.99. The number of carbonyl (C=O) groups is 1. The summed E-state index contributed by atoms with van der Waals surface area (Å²) in [5.41, 5.74) is 5.37. The fourth-order valence-corrected chi connectivity index (χ4v) is 4.41. The van der Waals surface area contributed by atoms with Gasteiger partial charge in [-0.25, -0.2) is 18.9 Å². The molecule has 2 aromatic heterocycles. The highest BCUT2D eigenvalue weighted by Crippen LogP contribution is 2.22. The maximum absolute atomic E-state index is 13.0. The molecule has 5 rings (SSSR count). The Bertz CT molecular complexity index is 1430. The van der Waals surface area contributed by atoms with E-state index in [0.29, 0.717) is 11.5 Å². The van der Waals surface area contributed by atoms with Gasteiger partial charge < -0.3 is 15.1 Å². The SMILES string of the molecule is Cc1ccc(N2CCN(c3nccn4c(=O)n(CC(=O)Nc5cccc(C)c5C)nc34)CC2)cc1. The molecule has 1 aliphatic heterocycles. The summed E-state index contributed by atoms with van der Waals surface area (Å²) in [5, 5.41) is 7.38. The van der Waals surface area contributed by atoms with Gasteiger partial charge in [-0.1, -0.05) is 29.8 Å². The highest BCUT2D eigenvalue weighted by atomic mass is 16.2. The molecule has 0 atom stereocenters. The summed E-state index contributed by atoms with van der Waals surface area (Å²) < 4.78 is 2.66. The largest absolute Gasteiger partial charge is 0.368 e. The van der Waals surface area contributed by atoms with Crippen LogP contribution < -0.4 is 20.8 Å². The van der Waals surface area contributed by atoms with Gasteiger partial charge in [0.05, 0.1) is 0 Å². The molecule has 0 aliphatic carbocycles. The van der Waals surface area contributed by atoms with Gasteiger partial charge in [-0.3, -0.25) is 4.79 Å². The van der Waals surface area contributed by atoms with Gasteiger partial charge >= 0.3 is 5.69 Å². The van der Waals surface area contributed by atoms with Crippen molar-refractivity contribution >= 4 is 28.7 Å². The molecule has 35 heavy (non-hydrogen) atoms. The van der Waals surface area contributed by atoms with Crippen LogP contribution in [0, 0.1) is 20.8 Å². The van der Waals surface area contributed by atoms with Gasteiger partial charge in [-0.15, -0.1) is 5.10 Å². The number of hydrogen-bond donors (Lipinski definition) is 1. The summed E-state index contributed by atoms with van der Waals surface area (Å²) in [6.45, 7) is 9.07. The molecule has 9 heteroatoms. The van der Waals surface area contributed by atoms with E-state index < -0.39 is 0 Å². The van der Waals surface area contributed by atoms with E-state index in [4.69, 9.17) is 0 Å². The van der Waals surface area contributed by atoms with E-state index in [1.807, 2.05) is 32.0 Å². The van der Waals surface area contributed by atoms with Crippen LogP contribution in [0.15, 0.2) is 59.7 Å². The summed E-state index contributed by atoms with van der Waals surface area (Å²) in [6, 6.07) is 14.3. The van der Waals surface area contributed by atoms with E-state index >= 15 is 0 Å². The summed E-state index contributed by atoms with van der Waals surface area (Å²) in [7, 11) is 0. The average Bonchev–Trinajstić information content (AvgIpc) is 3.18. The van der Waals surface area contributed by atoms with Crippen LogP contribution in [0.5, 0.6) is 0 Å². The molecule has 0 saturated carbocycles. The van der Waals surface area contributed by atoms with Crippen LogP contribution in [-0.2, 0) is 11.3 Å². The lowest BCUT2D eigenvalue weighted by atomic mass is 10.1. The van der Waals surface area contributed by atoms with Gasteiger partial charge in [-0.05, 0) is 50.1 Å². The molecule has 2 aromatic carbocycles. The number of rotatable bonds is 5. The molecule has 1 fully saturated rings. The first-order valence-corrected chi connectivity index (χ1v) is 11.8. The number of hydrogen-bond acceptors (Lipinski definition) is 6. The zero-order valence-corrected chi connectivity index (χ0v) is 20.2. The third-order valence-electron chi connectivity index (χ3n) is 6.63. The minimum absolute atomic E-state index is 0.172. The van der Waals surface area contributed by atoms with Crippen LogP contribution >= 0.6 is 0 Å². The van der Waals surface area contributed by atoms with Crippen LogP contribution in [0.4, 0.5) is 17.2 Å². The first-order chi connectivity index (χ1) is 16.9. The predicted molar refractivity (Wildman–Crippen MR) is 137 cm³/mol. The number of aromatic nitrogens is 4. The van der Waals surface area contributed by atoms with E-state index in [1.54, 1.807) is 12.4 Å². The van der Waals surface area contributed by atoms with Gasteiger partial charge in [-0.2, -0.15) is 0 Å². The lowest BCUT2D eigenvalue weighted by Gasteiger charge is -2.36. The molecule has 1 aliphatic rings. The maximum Gasteiger partial charge on any atom is 0.350 e. The van der Waals surface area contributed by atoms with E-state index in [1.165, 1.54) is 20.3 Å². The zero-order valence-electron chi connectivity index (χ0n) is 20.2. The Kier molecular flexibility index (Phi) is 5.98. The van der Waals surface area contributed by atoms with E-state index in [2.05, 4.69) is 56.4 Å². The molecule has 0 spiro atoms. The second kappa shape index (κ2) is 9.25. The summed E-state index contributed by atoms with van der Waals surface area (Å²) in [4.78, 5) is 34.7. The first kappa shape index (κ1) is 22.6. The Morgan fingerprint density at radius 3 is 2.43 bits per heavy atom. The van der Waals surface area contributed by atoms with Crippen molar-refractivity contribution in [3.05, 3.63) is 82.0 Å². The number of nitrogens with zero attached hydrogens (tertiary/aromatic N) is 6. The number of fused-ring (bicyclic) bond motifs is 1. The highest BCUT2D eigenvalue weighted by molar-refractivity contribution is 5.91. The number of aryl methyl sites for hydroxylation is 2. The number of piperazine rings is 1. The lowest BCUT2D eigenvalue weighted by Crippen LogP contribution is -2.47. The molecular formula is C26H29N7O2.